The zero-order valence-corrected chi connectivity index (χ0v) is 21.1. The molecule has 1 aliphatic heterocycles. The van der Waals surface area contributed by atoms with E-state index in [0.717, 1.165) is 41.7 Å². The second kappa shape index (κ2) is 9.56. The molecule has 0 saturated heterocycles. The van der Waals surface area contributed by atoms with Gasteiger partial charge in [0.2, 0.25) is 10.0 Å². The van der Waals surface area contributed by atoms with Crippen LogP contribution < -0.4 is 10.6 Å². The zero-order chi connectivity index (χ0) is 24.6. The molecule has 2 aromatic carbocycles. The van der Waals surface area contributed by atoms with Gasteiger partial charge in [-0.3, -0.25) is 9.59 Å². The van der Waals surface area contributed by atoms with Crippen LogP contribution in [0, 0.1) is 0 Å². The molecule has 9 heteroatoms. The van der Waals surface area contributed by atoms with Gasteiger partial charge in [-0.25, -0.2) is 8.42 Å². The Kier molecular flexibility index (Phi) is 6.48. The number of nitrogens with zero attached hydrogens (tertiary/aromatic N) is 1. The highest BCUT2D eigenvalue weighted by Gasteiger charge is 2.29. The van der Waals surface area contributed by atoms with E-state index in [2.05, 4.69) is 10.6 Å². The molecule has 0 atom stereocenters. The van der Waals surface area contributed by atoms with Gasteiger partial charge in [-0.1, -0.05) is 24.3 Å². The third-order valence-electron chi connectivity index (χ3n) is 6.70. The Morgan fingerprint density at radius 1 is 0.914 bits per heavy atom. The molecular weight excluding hydrogens is 482 g/mol. The number of benzene rings is 2. The first kappa shape index (κ1) is 23.7. The quantitative estimate of drug-likeness (QED) is 0.544. The average molecular weight is 510 g/mol. The maximum absolute atomic E-state index is 13.2. The molecule has 3 aromatic rings. The van der Waals surface area contributed by atoms with E-state index in [1.165, 1.54) is 45.5 Å². The normalized spacial score (nSPS) is 15.7. The van der Waals surface area contributed by atoms with Crippen LogP contribution in [0.2, 0.25) is 0 Å². The van der Waals surface area contributed by atoms with Crippen LogP contribution in [-0.4, -0.2) is 38.1 Å². The molecule has 5 rings (SSSR count). The van der Waals surface area contributed by atoms with Crippen molar-refractivity contribution in [2.75, 3.05) is 18.9 Å². The Bertz CT molecular complexity index is 1390. The summed E-state index contributed by atoms with van der Waals surface area (Å²) in [6, 6.07) is 13.9. The molecule has 1 aliphatic carbocycles. The number of thiophene rings is 1. The topological polar surface area (TPSA) is 95.6 Å². The van der Waals surface area contributed by atoms with Gasteiger partial charge in [0, 0.05) is 30.6 Å². The molecule has 0 bridgehead atoms. The molecule has 2 N–H and O–H groups in total. The number of hydrogen-bond donors (Lipinski definition) is 2. The average Bonchev–Trinajstić information content (AvgIpc) is 3.25. The second-order valence-electron chi connectivity index (χ2n) is 8.83. The van der Waals surface area contributed by atoms with Crippen molar-refractivity contribution in [3.8, 4) is 0 Å². The first-order chi connectivity index (χ1) is 16.9. The van der Waals surface area contributed by atoms with Gasteiger partial charge in [0.05, 0.1) is 10.5 Å². The molecule has 182 valence electrons. The summed E-state index contributed by atoms with van der Waals surface area (Å²) in [5.74, 6) is -0.575. The van der Waals surface area contributed by atoms with E-state index in [4.69, 9.17) is 0 Å². The van der Waals surface area contributed by atoms with E-state index in [1.807, 2.05) is 24.3 Å². The zero-order valence-electron chi connectivity index (χ0n) is 19.5. The van der Waals surface area contributed by atoms with Crippen LogP contribution in [0.3, 0.4) is 0 Å². The maximum atomic E-state index is 13.2. The lowest BCUT2D eigenvalue weighted by Crippen LogP contribution is -2.35. The van der Waals surface area contributed by atoms with E-state index in [0.29, 0.717) is 35.6 Å². The smallest absolute Gasteiger partial charge is 0.256 e. The van der Waals surface area contributed by atoms with Crippen molar-refractivity contribution < 1.29 is 18.0 Å². The standard InChI is InChI=1S/C26H27N3O4S2/c1-27-25(31)23-21-8-4-5-9-22(21)34-26(23)28-24(30)18-10-12-20(13-11-18)35(32,33)29-15-14-17-6-2-3-7-19(17)16-29/h2-3,6-7,10-13H,4-5,8-9,14-16H2,1H3,(H,27,31)(H,28,30). The summed E-state index contributed by atoms with van der Waals surface area (Å²) in [5, 5.41) is 6.11. The molecule has 2 amide bonds. The maximum Gasteiger partial charge on any atom is 0.256 e. The Morgan fingerprint density at radius 3 is 2.37 bits per heavy atom. The van der Waals surface area contributed by atoms with Gasteiger partial charge < -0.3 is 10.6 Å². The van der Waals surface area contributed by atoms with Crippen molar-refractivity contribution in [1.82, 2.24) is 9.62 Å². The largest absolute Gasteiger partial charge is 0.355 e. The Hall–Kier alpha value is -3.01. The number of sulfonamides is 1. The fourth-order valence-electron chi connectivity index (χ4n) is 4.80. The highest BCUT2D eigenvalue weighted by molar-refractivity contribution is 7.89. The van der Waals surface area contributed by atoms with Gasteiger partial charge in [-0.15, -0.1) is 11.3 Å². The van der Waals surface area contributed by atoms with Crippen LogP contribution in [0.4, 0.5) is 5.00 Å². The number of fused-ring (bicyclic) bond motifs is 2. The molecule has 0 spiro atoms. The molecule has 35 heavy (non-hydrogen) atoms. The van der Waals surface area contributed by atoms with E-state index in [9.17, 15) is 18.0 Å². The van der Waals surface area contributed by atoms with Crippen LogP contribution >= 0.6 is 11.3 Å². The first-order valence-electron chi connectivity index (χ1n) is 11.7. The minimum absolute atomic E-state index is 0.158. The number of aryl methyl sites for hydroxylation is 1. The lowest BCUT2D eigenvalue weighted by atomic mass is 9.95. The molecule has 0 radical (unpaired) electrons. The summed E-state index contributed by atoms with van der Waals surface area (Å²) < 4.78 is 27.9. The van der Waals surface area contributed by atoms with Crippen molar-refractivity contribution in [2.24, 2.45) is 0 Å². The predicted molar refractivity (Wildman–Crippen MR) is 136 cm³/mol. The molecule has 2 heterocycles. The van der Waals surface area contributed by atoms with Crippen LogP contribution in [-0.2, 0) is 35.8 Å². The van der Waals surface area contributed by atoms with Gasteiger partial charge >= 0.3 is 0 Å². The molecule has 7 nitrogen and oxygen atoms in total. The Labute approximate surface area is 209 Å². The summed E-state index contributed by atoms with van der Waals surface area (Å²) in [6.07, 6.45) is 4.52. The third-order valence-corrected chi connectivity index (χ3v) is 9.77. The van der Waals surface area contributed by atoms with Crippen LogP contribution in [0.25, 0.3) is 0 Å². The Balaban J connectivity index is 1.35. The third kappa shape index (κ3) is 4.51. The fraction of sp³-hybridized carbons (Fsp3) is 0.308. The van der Waals surface area contributed by atoms with Gasteiger partial charge in [0.25, 0.3) is 11.8 Å². The number of anilines is 1. The Morgan fingerprint density at radius 2 is 1.63 bits per heavy atom. The van der Waals surface area contributed by atoms with Crippen molar-refractivity contribution >= 4 is 38.2 Å². The number of hydrogen-bond acceptors (Lipinski definition) is 5. The number of nitrogens with one attached hydrogen (secondary N) is 2. The van der Waals surface area contributed by atoms with Crippen molar-refractivity contribution in [1.29, 1.82) is 0 Å². The lowest BCUT2D eigenvalue weighted by molar-refractivity contribution is 0.0963. The van der Waals surface area contributed by atoms with Gasteiger partial charge in [0.1, 0.15) is 5.00 Å². The highest BCUT2D eigenvalue weighted by atomic mass is 32.2. The van der Waals surface area contributed by atoms with Gasteiger partial charge in [0.15, 0.2) is 0 Å². The second-order valence-corrected chi connectivity index (χ2v) is 11.9. The summed E-state index contributed by atoms with van der Waals surface area (Å²) in [4.78, 5) is 26.8. The summed E-state index contributed by atoms with van der Waals surface area (Å²) in [7, 11) is -2.09. The highest BCUT2D eigenvalue weighted by Crippen LogP contribution is 2.38. The van der Waals surface area contributed by atoms with E-state index >= 15 is 0 Å². The summed E-state index contributed by atoms with van der Waals surface area (Å²) >= 11 is 1.45. The van der Waals surface area contributed by atoms with Crippen LogP contribution in [0.5, 0.6) is 0 Å². The predicted octanol–water partition coefficient (Wildman–Crippen LogP) is 3.99. The number of carbonyl (C=O) groups excluding carboxylic acids is 2. The molecule has 0 fully saturated rings. The van der Waals surface area contributed by atoms with E-state index in [1.54, 1.807) is 7.05 Å². The molecule has 1 aromatic heterocycles. The van der Waals surface area contributed by atoms with Gasteiger partial charge in [-0.2, -0.15) is 4.31 Å². The lowest BCUT2D eigenvalue weighted by Gasteiger charge is -2.28. The molecule has 0 unspecified atom stereocenters. The van der Waals surface area contributed by atoms with Crippen LogP contribution in [0.15, 0.2) is 53.4 Å². The molecule has 2 aliphatic rings. The van der Waals surface area contributed by atoms with Crippen molar-refractivity contribution in [3.05, 3.63) is 81.2 Å². The monoisotopic (exact) mass is 509 g/mol. The SMILES string of the molecule is CNC(=O)c1c(NC(=O)c2ccc(S(=O)(=O)N3CCc4ccccc4C3)cc2)sc2c1CCCC2. The van der Waals surface area contributed by atoms with Gasteiger partial charge in [-0.05, 0) is 73.1 Å². The molecular formula is C26H27N3O4S2. The minimum Gasteiger partial charge on any atom is -0.355 e. The minimum atomic E-state index is -3.68. The summed E-state index contributed by atoms with van der Waals surface area (Å²) in [5.41, 5.74) is 4.11. The number of rotatable bonds is 5. The summed E-state index contributed by atoms with van der Waals surface area (Å²) in [6.45, 7) is 0.763. The first-order valence-corrected chi connectivity index (χ1v) is 14.0. The van der Waals surface area contributed by atoms with Crippen molar-refractivity contribution in [2.45, 2.75) is 43.5 Å². The van der Waals surface area contributed by atoms with Crippen LogP contribution in [0.1, 0.15) is 55.1 Å². The van der Waals surface area contributed by atoms with E-state index in [-0.39, 0.29) is 16.7 Å². The fourth-order valence-corrected chi connectivity index (χ4v) is 7.50. The number of amides is 2. The number of carbonyl (C=O) groups is 2. The van der Waals surface area contributed by atoms with E-state index < -0.39 is 10.0 Å². The van der Waals surface area contributed by atoms with Crippen molar-refractivity contribution in [3.63, 3.8) is 0 Å². The molecule has 0 saturated carbocycles.